The molecule has 1 aromatic rings. The molecule has 0 radical (unpaired) electrons. The molecule has 6 heteroatoms. The molecule has 0 unspecified atom stereocenters. The molecule has 1 aliphatic rings. The minimum atomic E-state index is -0.397. The maximum atomic E-state index is 11.8. The fourth-order valence-corrected chi connectivity index (χ4v) is 1.49. The molecule has 86 valence electrons. The molecule has 1 fully saturated rings. The molecule has 0 saturated heterocycles. The van der Waals surface area contributed by atoms with Crippen molar-refractivity contribution < 1.29 is 4.79 Å². The van der Waals surface area contributed by atoms with Crippen molar-refractivity contribution in [3.8, 4) is 0 Å². The lowest BCUT2D eigenvalue weighted by molar-refractivity contribution is -0.117. The van der Waals surface area contributed by atoms with Crippen molar-refractivity contribution in [3.63, 3.8) is 0 Å². The average Bonchev–Trinajstić information content (AvgIpc) is 3.04. The van der Waals surface area contributed by atoms with E-state index in [1.54, 1.807) is 17.0 Å². The third-order valence-electron chi connectivity index (χ3n) is 2.47. The number of carbonyl (C=O) groups is 1. The highest BCUT2D eigenvalue weighted by molar-refractivity contribution is 5.74. The van der Waals surface area contributed by atoms with Gasteiger partial charge in [0.05, 0.1) is 0 Å². The quantitative estimate of drug-likeness (QED) is 0.725. The second-order valence-corrected chi connectivity index (χ2v) is 3.86. The summed E-state index contributed by atoms with van der Waals surface area (Å²) in [5.74, 6) is -0.110. The zero-order chi connectivity index (χ0) is 11.5. The van der Waals surface area contributed by atoms with Gasteiger partial charge >= 0.3 is 0 Å². The number of carbonyl (C=O) groups excluding carboxylic acids is 1. The van der Waals surface area contributed by atoms with Crippen LogP contribution < -0.4 is 16.6 Å². The van der Waals surface area contributed by atoms with Crippen molar-refractivity contribution in [1.82, 2.24) is 9.55 Å². The highest BCUT2D eigenvalue weighted by Gasteiger charge is 2.25. The normalized spacial score (nSPS) is 14.8. The molecule has 1 aromatic heterocycles. The van der Waals surface area contributed by atoms with Crippen LogP contribution in [0.5, 0.6) is 0 Å². The fraction of sp³-hybridized carbons (Fsp3) is 0.500. The van der Waals surface area contributed by atoms with Gasteiger partial charge in [-0.25, -0.2) is 4.98 Å². The van der Waals surface area contributed by atoms with E-state index in [0.29, 0.717) is 12.6 Å². The van der Waals surface area contributed by atoms with Crippen LogP contribution in [0.3, 0.4) is 0 Å². The summed E-state index contributed by atoms with van der Waals surface area (Å²) in [5, 5.41) is 2.82. The molecule has 0 spiro atoms. The largest absolute Gasteiger partial charge is 0.370 e. The van der Waals surface area contributed by atoms with Gasteiger partial charge in [0.1, 0.15) is 0 Å². The van der Waals surface area contributed by atoms with Crippen LogP contribution in [0, 0.1) is 0 Å². The molecule has 0 atom stereocenters. The minimum Gasteiger partial charge on any atom is -0.370 e. The number of nitrogens with zero attached hydrogens (tertiary/aromatic N) is 2. The van der Waals surface area contributed by atoms with Crippen LogP contribution >= 0.6 is 0 Å². The van der Waals surface area contributed by atoms with Crippen LogP contribution in [0.2, 0.25) is 0 Å². The first-order valence-corrected chi connectivity index (χ1v) is 5.28. The third kappa shape index (κ3) is 2.39. The summed E-state index contributed by atoms with van der Waals surface area (Å²) in [6, 6.07) is 0.326. The van der Waals surface area contributed by atoms with Crippen LogP contribution in [0.15, 0.2) is 17.2 Å². The van der Waals surface area contributed by atoms with Gasteiger partial charge in [0.2, 0.25) is 5.91 Å². The molecule has 1 aliphatic carbocycles. The van der Waals surface area contributed by atoms with E-state index in [1.807, 2.05) is 0 Å². The van der Waals surface area contributed by atoms with Crippen molar-refractivity contribution in [2.45, 2.75) is 25.3 Å². The average molecular weight is 222 g/mol. The Morgan fingerprint density at radius 1 is 1.62 bits per heavy atom. The van der Waals surface area contributed by atoms with Crippen molar-refractivity contribution in [1.29, 1.82) is 0 Å². The lowest BCUT2D eigenvalue weighted by Crippen LogP contribution is -2.25. The zero-order valence-corrected chi connectivity index (χ0v) is 8.85. The molecule has 0 aromatic carbocycles. The Hall–Kier alpha value is -1.85. The van der Waals surface area contributed by atoms with E-state index >= 15 is 0 Å². The first kappa shape index (κ1) is 10.7. The lowest BCUT2D eigenvalue weighted by Gasteiger charge is -2.06. The van der Waals surface area contributed by atoms with E-state index in [9.17, 15) is 9.59 Å². The van der Waals surface area contributed by atoms with Gasteiger partial charge in [-0.1, -0.05) is 0 Å². The summed E-state index contributed by atoms with van der Waals surface area (Å²) in [6.07, 6.45) is 5.57. The molecule has 1 amide bonds. The van der Waals surface area contributed by atoms with Gasteiger partial charge in [-0.3, -0.25) is 9.59 Å². The van der Waals surface area contributed by atoms with Gasteiger partial charge < -0.3 is 15.6 Å². The zero-order valence-electron chi connectivity index (χ0n) is 8.85. The highest BCUT2D eigenvalue weighted by atomic mass is 16.1. The molecule has 2 rings (SSSR count). The van der Waals surface area contributed by atoms with Crippen LogP contribution in [0.1, 0.15) is 25.3 Å². The summed E-state index contributed by atoms with van der Waals surface area (Å²) in [4.78, 5) is 26.3. The van der Waals surface area contributed by atoms with E-state index in [4.69, 9.17) is 5.73 Å². The number of hydrogen-bond donors (Lipinski definition) is 2. The SMILES string of the molecule is NC(=O)CCNc1nccn(C2CC2)c1=O. The number of rotatable bonds is 5. The number of hydrogen-bond acceptors (Lipinski definition) is 4. The smallest absolute Gasteiger partial charge is 0.293 e. The molecule has 16 heavy (non-hydrogen) atoms. The molecule has 0 bridgehead atoms. The molecule has 0 aliphatic heterocycles. The van der Waals surface area contributed by atoms with E-state index < -0.39 is 5.91 Å². The maximum Gasteiger partial charge on any atom is 0.293 e. The van der Waals surface area contributed by atoms with Crippen LogP contribution in [0.4, 0.5) is 5.82 Å². The first-order chi connectivity index (χ1) is 7.68. The van der Waals surface area contributed by atoms with Gasteiger partial charge in [-0.05, 0) is 12.8 Å². The van der Waals surface area contributed by atoms with Gasteiger partial charge in [0.25, 0.3) is 5.56 Å². The summed E-state index contributed by atoms with van der Waals surface area (Å²) in [6.45, 7) is 0.340. The maximum absolute atomic E-state index is 11.8. The number of nitrogens with two attached hydrogens (primary N) is 1. The topological polar surface area (TPSA) is 90.0 Å². The molecule has 1 heterocycles. The highest BCUT2D eigenvalue weighted by Crippen LogP contribution is 2.33. The van der Waals surface area contributed by atoms with Crippen LogP contribution in [-0.2, 0) is 4.79 Å². The van der Waals surface area contributed by atoms with Crippen LogP contribution in [-0.4, -0.2) is 22.0 Å². The van der Waals surface area contributed by atoms with E-state index in [0.717, 1.165) is 12.8 Å². The second-order valence-electron chi connectivity index (χ2n) is 3.86. The van der Waals surface area contributed by atoms with Crippen molar-refractivity contribution >= 4 is 11.7 Å². The number of anilines is 1. The Balaban J connectivity index is 2.06. The first-order valence-electron chi connectivity index (χ1n) is 5.28. The van der Waals surface area contributed by atoms with Gasteiger partial charge in [-0.15, -0.1) is 0 Å². The molecule has 3 N–H and O–H groups in total. The number of amides is 1. The van der Waals surface area contributed by atoms with Crippen molar-refractivity contribution in [3.05, 3.63) is 22.7 Å². The summed E-state index contributed by atoms with van der Waals surface area (Å²) in [5.41, 5.74) is 4.87. The Bertz CT molecular complexity index is 450. The van der Waals surface area contributed by atoms with Gasteiger partial charge in [-0.2, -0.15) is 0 Å². The summed E-state index contributed by atoms with van der Waals surface area (Å²) in [7, 11) is 0. The van der Waals surface area contributed by atoms with Crippen molar-refractivity contribution in [2.24, 2.45) is 5.73 Å². The fourth-order valence-electron chi connectivity index (χ4n) is 1.49. The summed E-state index contributed by atoms with van der Waals surface area (Å²) < 4.78 is 1.68. The number of nitrogens with one attached hydrogen (secondary N) is 1. The van der Waals surface area contributed by atoms with E-state index in [2.05, 4.69) is 10.3 Å². The molecular formula is C10H14N4O2. The van der Waals surface area contributed by atoms with Gasteiger partial charge in [0.15, 0.2) is 5.82 Å². The standard InChI is InChI=1S/C10H14N4O2/c11-8(15)3-4-12-9-10(16)14(6-5-13-9)7-1-2-7/h5-7H,1-4H2,(H2,11,15)(H,12,13). The lowest BCUT2D eigenvalue weighted by atomic mass is 10.4. The number of aromatic nitrogens is 2. The van der Waals surface area contributed by atoms with E-state index in [-0.39, 0.29) is 17.8 Å². The Labute approximate surface area is 92.5 Å². The van der Waals surface area contributed by atoms with Gasteiger partial charge in [0, 0.05) is 31.4 Å². The molecular weight excluding hydrogens is 208 g/mol. The monoisotopic (exact) mass is 222 g/mol. The Morgan fingerprint density at radius 2 is 2.38 bits per heavy atom. The summed E-state index contributed by atoms with van der Waals surface area (Å²) >= 11 is 0. The molecule has 6 nitrogen and oxygen atoms in total. The Kier molecular flexibility index (Phi) is 2.89. The predicted octanol–water partition coefficient (Wildman–Crippen LogP) is -0.135. The Morgan fingerprint density at radius 3 is 3.00 bits per heavy atom. The molecule has 1 saturated carbocycles. The third-order valence-corrected chi connectivity index (χ3v) is 2.47. The second kappa shape index (κ2) is 4.34. The van der Waals surface area contributed by atoms with E-state index in [1.165, 1.54) is 0 Å². The number of primary amides is 1. The minimum absolute atomic E-state index is 0.130. The van der Waals surface area contributed by atoms with Crippen molar-refractivity contribution in [2.75, 3.05) is 11.9 Å². The van der Waals surface area contributed by atoms with Crippen LogP contribution in [0.25, 0.3) is 0 Å². The predicted molar refractivity (Wildman–Crippen MR) is 59.1 cm³/mol.